The van der Waals surface area contributed by atoms with Crippen molar-refractivity contribution in [3.63, 3.8) is 0 Å². The molecule has 17 heavy (non-hydrogen) atoms. The number of anilines is 1. The summed E-state index contributed by atoms with van der Waals surface area (Å²) in [6.45, 7) is 1.33. The van der Waals surface area contributed by atoms with E-state index in [2.05, 4.69) is 15.4 Å². The van der Waals surface area contributed by atoms with Gasteiger partial charge in [-0.3, -0.25) is 9.67 Å². The van der Waals surface area contributed by atoms with E-state index in [9.17, 15) is 0 Å². The Morgan fingerprint density at radius 1 is 1.29 bits per heavy atom. The van der Waals surface area contributed by atoms with Gasteiger partial charge in [0.25, 0.3) is 0 Å². The van der Waals surface area contributed by atoms with Crippen molar-refractivity contribution in [2.75, 3.05) is 11.9 Å². The predicted octanol–water partition coefficient (Wildman–Crippen LogP) is 1.31. The number of para-hydroxylation sites is 1. The summed E-state index contributed by atoms with van der Waals surface area (Å²) in [7, 11) is 0. The standard InChI is InChI=1S/C12H15N5/c13-12(16-11-5-2-1-3-6-11)14-8-10-17-9-4-7-15-17/h1-7,9H,8,10H2,(H3,13,14,16). The zero-order valence-corrected chi connectivity index (χ0v) is 9.45. The first-order chi connectivity index (χ1) is 8.34. The molecular weight excluding hydrogens is 214 g/mol. The van der Waals surface area contributed by atoms with E-state index in [1.807, 2.05) is 47.3 Å². The molecule has 1 aromatic carbocycles. The number of aromatic nitrogens is 2. The first-order valence-corrected chi connectivity index (χ1v) is 5.44. The summed E-state index contributed by atoms with van der Waals surface area (Å²) in [6, 6.07) is 11.6. The molecule has 5 nitrogen and oxygen atoms in total. The number of guanidine groups is 1. The summed E-state index contributed by atoms with van der Waals surface area (Å²) >= 11 is 0. The summed E-state index contributed by atoms with van der Waals surface area (Å²) in [5, 5.41) is 7.10. The normalized spacial score (nSPS) is 11.4. The van der Waals surface area contributed by atoms with Crippen molar-refractivity contribution in [1.29, 1.82) is 0 Å². The van der Waals surface area contributed by atoms with E-state index in [0.29, 0.717) is 12.5 Å². The quantitative estimate of drug-likeness (QED) is 0.613. The predicted molar refractivity (Wildman–Crippen MR) is 68.8 cm³/mol. The van der Waals surface area contributed by atoms with Gasteiger partial charge >= 0.3 is 0 Å². The summed E-state index contributed by atoms with van der Waals surface area (Å²) in [5.41, 5.74) is 6.69. The lowest BCUT2D eigenvalue weighted by molar-refractivity contribution is 0.625. The van der Waals surface area contributed by atoms with E-state index < -0.39 is 0 Å². The molecule has 0 fully saturated rings. The van der Waals surface area contributed by atoms with Gasteiger partial charge in [-0.2, -0.15) is 5.10 Å². The van der Waals surface area contributed by atoms with Gasteiger partial charge in [0.05, 0.1) is 13.1 Å². The molecule has 0 aliphatic rings. The molecule has 0 spiro atoms. The van der Waals surface area contributed by atoms with Crippen LogP contribution in [0, 0.1) is 0 Å². The minimum Gasteiger partial charge on any atom is -0.370 e. The third-order valence-electron chi connectivity index (χ3n) is 2.22. The topological polar surface area (TPSA) is 68.2 Å². The molecule has 3 N–H and O–H groups in total. The Morgan fingerprint density at radius 2 is 2.12 bits per heavy atom. The van der Waals surface area contributed by atoms with E-state index in [1.165, 1.54) is 0 Å². The Hall–Kier alpha value is -2.30. The molecule has 2 rings (SSSR count). The van der Waals surface area contributed by atoms with Gasteiger partial charge in [-0.25, -0.2) is 0 Å². The van der Waals surface area contributed by atoms with Crippen molar-refractivity contribution >= 4 is 11.6 Å². The van der Waals surface area contributed by atoms with E-state index in [-0.39, 0.29) is 0 Å². The number of aliphatic imine (C=N–C) groups is 1. The number of nitrogens with one attached hydrogen (secondary N) is 1. The number of hydrogen-bond acceptors (Lipinski definition) is 2. The van der Waals surface area contributed by atoms with Gasteiger partial charge in [0.2, 0.25) is 0 Å². The van der Waals surface area contributed by atoms with Crippen LogP contribution in [0.15, 0.2) is 53.8 Å². The van der Waals surface area contributed by atoms with Crippen molar-refractivity contribution in [1.82, 2.24) is 9.78 Å². The zero-order valence-electron chi connectivity index (χ0n) is 9.45. The fourth-order valence-corrected chi connectivity index (χ4v) is 1.41. The highest BCUT2D eigenvalue weighted by Crippen LogP contribution is 2.03. The second-order valence-electron chi connectivity index (χ2n) is 3.53. The molecule has 0 atom stereocenters. The first-order valence-electron chi connectivity index (χ1n) is 5.44. The van der Waals surface area contributed by atoms with Gasteiger partial charge in [-0.05, 0) is 18.2 Å². The van der Waals surface area contributed by atoms with Crippen LogP contribution in [0.5, 0.6) is 0 Å². The van der Waals surface area contributed by atoms with Crippen LogP contribution in [0.2, 0.25) is 0 Å². The first kappa shape index (κ1) is 11.2. The molecule has 0 unspecified atom stereocenters. The lowest BCUT2D eigenvalue weighted by Crippen LogP contribution is -2.23. The minimum absolute atomic E-state index is 0.420. The van der Waals surface area contributed by atoms with Crippen LogP contribution in [-0.2, 0) is 6.54 Å². The lowest BCUT2D eigenvalue weighted by atomic mass is 10.3. The third-order valence-corrected chi connectivity index (χ3v) is 2.22. The Kier molecular flexibility index (Phi) is 3.75. The third kappa shape index (κ3) is 3.64. The smallest absolute Gasteiger partial charge is 0.193 e. The van der Waals surface area contributed by atoms with Crippen molar-refractivity contribution in [2.45, 2.75) is 6.54 Å². The summed E-state index contributed by atoms with van der Waals surface area (Å²) in [4.78, 5) is 4.22. The molecule has 0 amide bonds. The van der Waals surface area contributed by atoms with Crippen LogP contribution < -0.4 is 11.1 Å². The molecule has 0 saturated carbocycles. The fraction of sp³-hybridized carbons (Fsp3) is 0.167. The van der Waals surface area contributed by atoms with Gasteiger partial charge in [-0.1, -0.05) is 18.2 Å². The molecule has 0 aliphatic heterocycles. The van der Waals surface area contributed by atoms with Gasteiger partial charge in [0.1, 0.15) is 0 Å². The maximum Gasteiger partial charge on any atom is 0.193 e. The monoisotopic (exact) mass is 229 g/mol. The van der Waals surface area contributed by atoms with Crippen LogP contribution in [0.25, 0.3) is 0 Å². The molecule has 0 aliphatic carbocycles. The van der Waals surface area contributed by atoms with Crippen LogP contribution in [0.4, 0.5) is 5.69 Å². The van der Waals surface area contributed by atoms with E-state index in [0.717, 1.165) is 12.2 Å². The molecule has 88 valence electrons. The second-order valence-corrected chi connectivity index (χ2v) is 3.53. The SMILES string of the molecule is NC(=NCCn1cccn1)Nc1ccccc1. The Bertz CT molecular complexity index is 461. The maximum atomic E-state index is 5.75. The van der Waals surface area contributed by atoms with Gasteiger partial charge < -0.3 is 11.1 Å². The molecule has 0 bridgehead atoms. The summed E-state index contributed by atoms with van der Waals surface area (Å²) < 4.78 is 1.82. The van der Waals surface area contributed by atoms with Crippen molar-refractivity contribution in [2.24, 2.45) is 10.7 Å². The molecule has 0 radical (unpaired) electrons. The molecule has 1 aromatic heterocycles. The Labute approximate surface area is 100.0 Å². The van der Waals surface area contributed by atoms with E-state index in [1.54, 1.807) is 6.20 Å². The fourth-order valence-electron chi connectivity index (χ4n) is 1.41. The highest BCUT2D eigenvalue weighted by molar-refractivity contribution is 5.92. The van der Waals surface area contributed by atoms with Crippen molar-refractivity contribution < 1.29 is 0 Å². The molecule has 1 heterocycles. The molecule has 0 saturated heterocycles. The molecular formula is C12H15N5. The second kappa shape index (κ2) is 5.69. The molecule has 2 aromatic rings. The van der Waals surface area contributed by atoms with Crippen LogP contribution in [0.3, 0.4) is 0 Å². The molecule has 5 heteroatoms. The average Bonchev–Trinajstić information content (AvgIpc) is 2.83. The minimum atomic E-state index is 0.420. The number of rotatable bonds is 4. The van der Waals surface area contributed by atoms with Crippen LogP contribution >= 0.6 is 0 Å². The lowest BCUT2D eigenvalue weighted by Gasteiger charge is -2.05. The largest absolute Gasteiger partial charge is 0.370 e. The van der Waals surface area contributed by atoms with Gasteiger partial charge in [0.15, 0.2) is 5.96 Å². The van der Waals surface area contributed by atoms with Crippen molar-refractivity contribution in [3.8, 4) is 0 Å². The van der Waals surface area contributed by atoms with Crippen LogP contribution in [-0.4, -0.2) is 22.3 Å². The number of hydrogen-bond donors (Lipinski definition) is 2. The zero-order chi connectivity index (χ0) is 11.9. The highest BCUT2D eigenvalue weighted by atomic mass is 15.3. The number of benzene rings is 1. The summed E-state index contributed by atoms with van der Waals surface area (Å²) in [6.07, 6.45) is 3.64. The van der Waals surface area contributed by atoms with Crippen molar-refractivity contribution in [3.05, 3.63) is 48.8 Å². The van der Waals surface area contributed by atoms with E-state index >= 15 is 0 Å². The highest BCUT2D eigenvalue weighted by Gasteiger charge is 1.93. The van der Waals surface area contributed by atoms with Gasteiger partial charge in [-0.15, -0.1) is 0 Å². The Balaban J connectivity index is 1.81. The Morgan fingerprint density at radius 3 is 2.82 bits per heavy atom. The number of nitrogens with two attached hydrogens (primary N) is 1. The van der Waals surface area contributed by atoms with E-state index in [4.69, 9.17) is 5.73 Å². The van der Waals surface area contributed by atoms with Crippen LogP contribution in [0.1, 0.15) is 0 Å². The number of nitrogens with zero attached hydrogens (tertiary/aromatic N) is 3. The maximum absolute atomic E-state index is 5.75. The average molecular weight is 229 g/mol. The van der Waals surface area contributed by atoms with Gasteiger partial charge in [0, 0.05) is 18.1 Å². The summed E-state index contributed by atoms with van der Waals surface area (Å²) in [5.74, 6) is 0.420.